The van der Waals surface area contributed by atoms with Gasteiger partial charge in [0.15, 0.2) is 0 Å². The summed E-state index contributed by atoms with van der Waals surface area (Å²) >= 11 is 0. The van der Waals surface area contributed by atoms with Crippen LogP contribution in [0.3, 0.4) is 0 Å². The lowest BCUT2D eigenvalue weighted by atomic mass is 10.0. The fraction of sp³-hybridized carbons (Fsp3) is 0.300. The van der Waals surface area contributed by atoms with Gasteiger partial charge in [-0.3, -0.25) is 4.90 Å². The Bertz CT molecular complexity index is 908. The minimum atomic E-state index is -4.40. The molecule has 1 unspecified atom stereocenters. The predicted molar refractivity (Wildman–Crippen MR) is 93.6 cm³/mol. The molecule has 1 aromatic heterocycles. The van der Waals surface area contributed by atoms with Crippen LogP contribution in [0.25, 0.3) is 11.4 Å². The van der Waals surface area contributed by atoms with E-state index in [1.165, 1.54) is 11.6 Å². The number of halogens is 3. The van der Waals surface area contributed by atoms with E-state index < -0.39 is 11.7 Å². The van der Waals surface area contributed by atoms with Gasteiger partial charge >= 0.3 is 6.18 Å². The zero-order valence-corrected chi connectivity index (χ0v) is 14.5. The van der Waals surface area contributed by atoms with E-state index in [9.17, 15) is 13.2 Å². The number of hydrogen-bond donors (Lipinski definition) is 0. The second-order valence-corrected chi connectivity index (χ2v) is 6.63. The SMILES string of the molecule is FC(F)(F)c1cccc(-c2noc(CN3CCCC3c3ccccc3)n2)c1. The van der Waals surface area contributed by atoms with Crippen molar-refractivity contribution in [3.8, 4) is 11.4 Å². The number of alkyl halides is 3. The topological polar surface area (TPSA) is 42.2 Å². The van der Waals surface area contributed by atoms with Crippen molar-refractivity contribution in [3.63, 3.8) is 0 Å². The van der Waals surface area contributed by atoms with Crippen LogP contribution in [0.2, 0.25) is 0 Å². The summed E-state index contributed by atoms with van der Waals surface area (Å²) in [6.45, 7) is 1.40. The Morgan fingerprint density at radius 2 is 1.89 bits per heavy atom. The molecular weight excluding hydrogens is 355 g/mol. The van der Waals surface area contributed by atoms with Gasteiger partial charge in [0, 0.05) is 11.6 Å². The molecule has 3 aromatic rings. The van der Waals surface area contributed by atoms with E-state index in [1.54, 1.807) is 6.07 Å². The van der Waals surface area contributed by atoms with Gasteiger partial charge in [-0.2, -0.15) is 18.2 Å². The first-order valence-electron chi connectivity index (χ1n) is 8.80. The van der Waals surface area contributed by atoms with Crippen molar-refractivity contribution >= 4 is 0 Å². The number of hydrogen-bond acceptors (Lipinski definition) is 4. The number of aromatic nitrogens is 2. The molecule has 0 radical (unpaired) electrons. The summed E-state index contributed by atoms with van der Waals surface area (Å²) in [7, 11) is 0. The highest BCUT2D eigenvalue weighted by Crippen LogP contribution is 2.34. The van der Waals surface area contributed by atoms with Crippen LogP contribution in [0.1, 0.15) is 35.9 Å². The lowest BCUT2D eigenvalue weighted by Crippen LogP contribution is -2.22. The molecule has 2 heterocycles. The monoisotopic (exact) mass is 373 g/mol. The van der Waals surface area contributed by atoms with Crippen LogP contribution in [-0.2, 0) is 12.7 Å². The van der Waals surface area contributed by atoms with Crippen LogP contribution >= 0.6 is 0 Å². The lowest BCUT2D eigenvalue weighted by Gasteiger charge is -2.22. The summed E-state index contributed by atoms with van der Waals surface area (Å²) in [5.41, 5.74) is 0.809. The summed E-state index contributed by atoms with van der Waals surface area (Å²) in [5.74, 6) is 0.580. The highest BCUT2D eigenvalue weighted by Gasteiger charge is 2.31. The Labute approximate surface area is 154 Å². The highest BCUT2D eigenvalue weighted by molar-refractivity contribution is 5.55. The summed E-state index contributed by atoms with van der Waals surface area (Å²) < 4.78 is 44.0. The molecule has 1 saturated heterocycles. The summed E-state index contributed by atoms with van der Waals surface area (Å²) in [5, 5.41) is 3.87. The van der Waals surface area contributed by atoms with Gasteiger partial charge in [-0.1, -0.05) is 47.6 Å². The van der Waals surface area contributed by atoms with E-state index in [2.05, 4.69) is 27.2 Å². The van der Waals surface area contributed by atoms with E-state index in [0.29, 0.717) is 18.0 Å². The fourth-order valence-corrected chi connectivity index (χ4v) is 3.51. The van der Waals surface area contributed by atoms with Crippen molar-refractivity contribution in [2.75, 3.05) is 6.54 Å². The third-order valence-corrected chi connectivity index (χ3v) is 4.80. The maximum Gasteiger partial charge on any atom is 0.416 e. The molecule has 140 valence electrons. The number of likely N-dealkylation sites (tertiary alicyclic amines) is 1. The van der Waals surface area contributed by atoms with Crippen LogP contribution in [0, 0.1) is 0 Å². The number of benzene rings is 2. The average Bonchev–Trinajstić information content (AvgIpc) is 3.32. The Morgan fingerprint density at radius 3 is 2.67 bits per heavy atom. The quantitative estimate of drug-likeness (QED) is 0.639. The predicted octanol–water partition coefficient (Wildman–Crippen LogP) is 5.09. The maximum absolute atomic E-state index is 12.9. The largest absolute Gasteiger partial charge is 0.416 e. The van der Waals surface area contributed by atoms with Gasteiger partial charge in [0.05, 0.1) is 12.1 Å². The molecule has 0 spiro atoms. The van der Waals surface area contributed by atoms with Crippen molar-refractivity contribution in [1.82, 2.24) is 15.0 Å². The Kier molecular flexibility index (Phi) is 4.70. The summed E-state index contributed by atoms with van der Waals surface area (Å²) in [6, 6.07) is 15.5. The molecule has 2 aromatic carbocycles. The molecule has 0 aliphatic carbocycles. The molecule has 0 N–H and O–H groups in total. The molecule has 1 fully saturated rings. The van der Waals surface area contributed by atoms with Crippen LogP contribution in [0.5, 0.6) is 0 Å². The molecular formula is C20H18F3N3O. The van der Waals surface area contributed by atoms with Gasteiger partial charge in [0.25, 0.3) is 0 Å². The van der Waals surface area contributed by atoms with Crippen molar-refractivity contribution in [3.05, 3.63) is 71.6 Å². The third-order valence-electron chi connectivity index (χ3n) is 4.80. The fourth-order valence-electron chi connectivity index (χ4n) is 3.51. The maximum atomic E-state index is 12.9. The molecule has 4 nitrogen and oxygen atoms in total. The molecule has 0 bridgehead atoms. The van der Waals surface area contributed by atoms with E-state index in [1.807, 2.05) is 18.2 Å². The van der Waals surface area contributed by atoms with Crippen molar-refractivity contribution in [2.45, 2.75) is 31.6 Å². The first-order valence-corrected chi connectivity index (χ1v) is 8.80. The molecule has 27 heavy (non-hydrogen) atoms. The summed E-state index contributed by atoms with van der Waals surface area (Å²) in [4.78, 5) is 6.57. The molecule has 4 rings (SSSR count). The Morgan fingerprint density at radius 1 is 1.07 bits per heavy atom. The summed E-state index contributed by atoms with van der Waals surface area (Å²) in [6.07, 6.45) is -2.27. The van der Waals surface area contributed by atoms with Crippen molar-refractivity contribution in [2.24, 2.45) is 0 Å². The van der Waals surface area contributed by atoms with Crippen molar-refractivity contribution < 1.29 is 17.7 Å². The standard InChI is InChI=1S/C20H18F3N3O/c21-20(22,23)16-9-4-8-15(12-16)19-24-18(27-25-19)13-26-11-5-10-17(26)14-6-2-1-3-7-14/h1-4,6-9,12,17H,5,10-11,13H2. The molecule has 0 saturated carbocycles. The second-order valence-electron chi connectivity index (χ2n) is 6.63. The van der Waals surface area contributed by atoms with Gasteiger partial charge in [0.1, 0.15) is 0 Å². The molecule has 0 amide bonds. The Balaban J connectivity index is 1.52. The third kappa shape index (κ3) is 3.88. The van der Waals surface area contributed by atoms with Gasteiger partial charge in [-0.25, -0.2) is 0 Å². The second kappa shape index (κ2) is 7.15. The first kappa shape index (κ1) is 17.7. The first-order chi connectivity index (χ1) is 13.0. The van der Waals surface area contributed by atoms with Crippen LogP contribution < -0.4 is 0 Å². The van der Waals surface area contributed by atoms with E-state index >= 15 is 0 Å². The van der Waals surface area contributed by atoms with E-state index in [4.69, 9.17) is 4.52 Å². The highest BCUT2D eigenvalue weighted by atomic mass is 19.4. The van der Waals surface area contributed by atoms with Crippen molar-refractivity contribution in [1.29, 1.82) is 0 Å². The normalized spacial score (nSPS) is 18.1. The number of rotatable bonds is 4. The molecule has 1 atom stereocenters. The van der Waals surface area contributed by atoms with Crippen LogP contribution in [-0.4, -0.2) is 21.6 Å². The van der Waals surface area contributed by atoms with Gasteiger partial charge in [-0.15, -0.1) is 0 Å². The van der Waals surface area contributed by atoms with Crippen LogP contribution in [0.4, 0.5) is 13.2 Å². The van der Waals surface area contributed by atoms with E-state index in [-0.39, 0.29) is 11.9 Å². The molecule has 7 heteroatoms. The van der Waals surface area contributed by atoms with E-state index in [0.717, 1.165) is 31.5 Å². The van der Waals surface area contributed by atoms with Gasteiger partial charge in [-0.05, 0) is 37.1 Å². The molecule has 1 aliphatic heterocycles. The molecule has 1 aliphatic rings. The number of nitrogens with zero attached hydrogens (tertiary/aromatic N) is 3. The minimum absolute atomic E-state index is 0.173. The zero-order valence-electron chi connectivity index (χ0n) is 14.5. The lowest BCUT2D eigenvalue weighted by molar-refractivity contribution is -0.137. The minimum Gasteiger partial charge on any atom is -0.338 e. The Hall–Kier alpha value is -2.67. The zero-order chi connectivity index (χ0) is 18.9. The van der Waals surface area contributed by atoms with Crippen LogP contribution in [0.15, 0.2) is 59.1 Å². The van der Waals surface area contributed by atoms with Gasteiger partial charge in [0.2, 0.25) is 11.7 Å². The average molecular weight is 373 g/mol. The smallest absolute Gasteiger partial charge is 0.338 e. The van der Waals surface area contributed by atoms with Gasteiger partial charge < -0.3 is 4.52 Å².